The molecule has 0 bridgehead atoms. The van der Waals surface area contributed by atoms with E-state index in [1.54, 1.807) is 27.4 Å². The van der Waals surface area contributed by atoms with E-state index >= 15 is 0 Å². The maximum Gasteiger partial charge on any atom is 0.410 e. The van der Waals surface area contributed by atoms with Gasteiger partial charge in [-0.3, -0.25) is 9.78 Å². The van der Waals surface area contributed by atoms with E-state index in [9.17, 15) is 20.0 Å². The second kappa shape index (κ2) is 13.0. The van der Waals surface area contributed by atoms with Gasteiger partial charge < -0.3 is 19.6 Å². The van der Waals surface area contributed by atoms with Crippen LogP contribution in [0.5, 0.6) is 0 Å². The predicted octanol–water partition coefficient (Wildman–Crippen LogP) is 6.83. The van der Waals surface area contributed by atoms with E-state index in [-0.39, 0.29) is 41.8 Å². The van der Waals surface area contributed by atoms with Gasteiger partial charge in [0.25, 0.3) is 0 Å². The van der Waals surface area contributed by atoms with Crippen molar-refractivity contribution in [3.05, 3.63) is 46.5 Å². The van der Waals surface area contributed by atoms with E-state index in [1.165, 1.54) is 0 Å². The quantitative estimate of drug-likeness (QED) is 0.313. The first-order valence-electron chi connectivity index (χ1n) is 17.2. The minimum atomic E-state index is -0.644. The SMILES string of the molecule is CC1C(=O)N(Cc2cc3nccc(-c4cc(C#N)cc5c4N([C@@H]4C[C@H](CO)N(C(=O)OC(C)(C)C)C4)C[C@H](C)C5)c3s2)N=CC1C(C)(C)C. The molecule has 260 valence electrons. The third kappa shape index (κ3) is 6.90. The lowest BCUT2D eigenvalue weighted by Gasteiger charge is -2.40. The molecular weight excluding hydrogens is 637 g/mol. The van der Waals surface area contributed by atoms with Crippen molar-refractivity contribution in [2.45, 2.75) is 92.5 Å². The van der Waals surface area contributed by atoms with Crippen LogP contribution in [0.25, 0.3) is 21.3 Å². The zero-order chi connectivity index (χ0) is 35.4. The van der Waals surface area contributed by atoms with Crippen molar-refractivity contribution in [2.75, 3.05) is 24.6 Å². The smallest absolute Gasteiger partial charge is 0.410 e. The molecule has 5 heterocycles. The summed E-state index contributed by atoms with van der Waals surface area (Å²) in [5, 5.41) is 26.6. The van der Waals surface area contributed by atoms with Gasteiger partial charge >= 0.3 is 6.09 Å². The standard InChI is InChI=1S/C38H48N6O4S/c1-22-11-25-12-24(16-39)13-30(33(25)42(18-22)26-14-27(21-45)43(19-26)36(47)48-38(6,7)8)29-9-10-40-32-15-28(49-34(29)32)20-44-35(46)23(2)31(17-41-44)37(3,4)5/h9-10,12-13,15,17,22-23,26-27,31,45H,11,14,18-21H2,1-8H3/t22-,23?,26-,27-,31?/m1/s1. The summed E-state index contributed by atoms with van der Waals surface area (Å²) >= 11 is 1.60. The molecule has 1 N–H and O–H groups in total. The lowest BCUT2D eigenvalue weighted by Crippen LogP contribution is -2.45. The molecule has 3 aliphatic heterocycles. The monoisotopic (exact) mass is 684 g/mol. The molecule has 2 unspecified atom stereocenters. The number of carbonyl (C=O) groups excluding carboxylic acids is 2. The number of aliphatic hydroxyl groups excluding tert-OH is 1. The van der Waals surface area contributed by atoms with Gasteiger partial charge in [-0.1, -0.05) is 34.6 Å². The Morgan fingerprint density at radius 1 is 1.12 bits per heavy atom. The Morgan fingerprint density at radius 3 is 2.55 bits per heavy atom. The molecule has 0 radical (unpaired) electrons. The Labute approximate surface area is 293 Å². The molecule has 1 fully saturated rings. The minimum absolute atomic E-state index is 0.0202. The Hall–Kier alpha value is -4.01. The molecule has 0 saturated carbocycles. The van der Waals surface area contributed by atoms with E-state index in [0.717, 1.165) is 50.4 Å². The number of pyridine rings is 1. The topological polar surface area (TPSA) is 122 Å². The summed E-state index contributed by atoms with van der Waals surface area (Å²) in [5.74, 6) is 0.249. The minimum Gasteiger partial charge on any atom is -0.444 e. The van der Waals surface area contributed by atoms with Gasteiger partial charge in [-0.25, -0.2) is 9.80 Å². The molecule has 1 aromatic carbocycles. The molecule has 0 aliphatic carbocycles. The number of nitriles is 1. The van der Waals surface area contributed by atoms with Crippen molar-refractivity contribution in [1.82, 2.24) is 14.9 Å². The summed E-state index contributed by atoms with van der Waals surface area (Å²) in [7, 11) is 0. The fourth-order valence-electron chi connectivity index (χ4n) is 7.74. The van der Waals surface area contributed by atoms with E-state index in [1.807, 2.05) is 58.2 Å². The number of rotatable bonds is 5. The zero-order valence-corrected chi connectivity index (χ0v) is 30.7. The average molecular weight is 685 g/mol. The van der Waals surface area contributed by atoms with Gasteiger partial charge in [0, 0.05) is 65.1 Å². The first-order chi connectivity index (χ1) is 23.1. The number of hydrogen-bond donors (Lipinski definition) is 1. The summed E-state index contributed by atoms with van der Waals surface area (Å²) in [6, 6.07) is 9.99. The highest BCUT2D eigenvalue weighted by Crippen LogP contribution is 2.46. The molecule has 10 nitrogen and oxygen atoms in total. The van der Waals surface area contributed by atoms with Crippen LogP contribution in [-0.2, 0) is 22.5 Å². The van der Waals surface area contributed by atoms with Crippen LogP contribution < -0.4 is 4.90 Å². The van der Waals surface area contributed by atoms with Gasteiger partial charge in [-0.15, -0.1) is 11.3 Å². The van der Waals surface area contributed by atoms with Crippen molar-refractivity contribution in [3.8, 4) is 17.2 Å². The van der Waals surface area contributed by atoms with Gasteiger partial charge in [0.2, 0.25) is 5.91 Å². The van der Waals surface area contributed by atoms with Crippen LogP contribution in [0.15, 0.2) is 35.6 Å². The van der Waals surface area contributed by atoms with Crippen LogP contribution in [-0.4, -0.2) is 75.6 Å². The number of nitrogens with zero attached hydrogens (tertiary/aromatic N) is 6. The molecule has 1 saturated heterocycles. The highest BCUT2D eigenvalue weighted by atomic mass is 32.1. The number of amides is 2. The first kappa shape index (κ1) is 34.8. The number of likely N-dealkylation sites (tertiary alicyclic amines) is 1. The molecule has 3 aliphatic rings. The average Bonchev–Trinajstić information content (AvgIpc) is 3.65. The van der Waals surface area contributed by atoms with Crippen molar-refractivity contribution in [1.29, 1.82) is 5.26 Å². The Kier molecular flexibility index (Phi) is 9.26. The third-order valence-electron chi connectivity index (χ3n) is 9.96. The largest absolute Gasteiger partial charge is 0.444 e. The van der Waals surface area contributed by atoms with Gasteiger partial charge in [0.05, 0.1) is 41.0 Å². The highest BCUT2D eigenvalue weighted by molar-refractivity contribution is 7.19. The van der Waals surface area contributed by atoms with E-state index in [0.29, 0.717) is 31.0 Å². The Bertz CT molecular complexity index is 1830. The number of aromatic nitrogens is 1. The second-order valence-electron chi connectivity index (χ2n) is 16.1. The fraction of sp³-hybridized carbons (Fsp3) is 0.553. The number of thiophene rings is 1. The van der Waals surface area contributed by atoms with E-state index < -0.39 is 11.7 Å². The van der Waals surface area contributed by atoms with Crippen LogP contribution in [0.1, 0.15) is 77.8 Å². The van der Waals surface area contributed by atoms with Crippen LogP contribution in [0, 0.1) is 34.5 Å². The zero-order valence-electron chi connectivity index (χ0n) is 29.9. The van der Waals surface area contributed by atoms with Crippen LogP contribution in [0.2, 0.25) is 0 Å². The van der Waals surface area contributed by atoms with Crippen LogP contribution >= 0.6 is 11.3 Å². The summed E-state index contributed by atoms with van der Waals surface area (Å²) in [6.45, 7) is 17.6. The maximum absolute atomic E-state index is 13.4. The third-order valence-corrected chi connectivity index (χ3v) is 11.1. The number of carbonyl (C=O) groups is 2. The number of ether oxygens (including phenoxy) is 1. The van der Waals surface area contributed by atoms with E-state index in [4.69, 9.17) is 9.72 Å². The van der Waals surface area contributed by atoms with Crippen LogP contribution in [0.3, 0.4) is 0 Å². The number of hydrogen-bond acceptors (Lipinski definition) is 9. The lowest BCUT2D eigenvalue weighted by molar-refractivity contribution is -0.138. The Morgan fingerprint density at radius 2 is 1.88 bits per heavy atom. The van der Waals surface area contributed by atoms with Gasteiger partial charge in [0.15, 0.2) is 0 Å². The van der Waals surface area contributed by atoms with Crippen molar-refractivity contribution >= 4 is 45.5 Å². The van der Waals surface area contributed by atoms with Gasteiger partial charge in [-0.05, 0) is 74.8 Å². The first-order valence-corrected chi connectivity index (χ1v) is 18.1. The molecule has 11 heteroatoms. The summed E-state index contributed by atoms with van der Waals surface area (Å²) < 4.78 is 6.71. The number of aliphatic hydroxyl groups is 1. The molecule has 0 spiro atoms. The summed E-state index contributed by atoms with van der Waals surface area (Å²) in [4.78, 5) is 36.4. The van der Waals surface area contributed by atoms with Gasteiger partial charge in [-0.2, -0.15) is 10.4 Å². The van der Waals surface area contributed by atoms with Crippen molar-refractivity contribution in [3.63, 3.8) is 0 Å². The lowest BCUT2D eigenvalue weighted by atomic mass is 9.73. The number of anilines is 1. The molecule has 3 aromatic rings. The number of fused-ring (bicyclic) bond motifs is 2. The van der Waals surface area contributed by atoms with Crippen molar-refractivity contribution < 1.29 is 19.4 Å². The summed E-state index contributed by atoms with van der Waals surface area (Å²) in [5.41, 5.74) is 4.80. The summed E-state index contributed by atoms with van der Waals surface area (Å²) in [6.07, 6.45) is 4.74. The van der Waals surface area contributed by atoms with E-state index in [2.05, 4.69) is 43.8 Å². The Balaban J connectivity index is 1.38. The molecule has 2 aromatic heterocycles. The molecular formula is C38H48N6O4S. The molecule has 2 amide bonds. The highest BCUT2D eigenvalue weighted by Gasteiger charge is 2.42. The van der Waals surface area contributed by atoms with Crippen molar-refractivity contribution in [2.24, 2.45) is 28.3 Å². The second-order valence-corrected chi connectivity index (χ2v) is 17.2. The number of hydrazone groups is 1. The number of benzene rings is 1. The normalized spacial score (nSPS) is 24.4. The molecule has 49 heavy (non-hydrogen) atoms. The fourth-order valence-corrected chi connectivity index (χ4v) is 8.86. The van der Waals surface area contributed by atoms with Gasteiger partial charge in [0.1, 0.15) is 5.60 Å². The molecule has 5 atom stereocenters. The predicted molar refractivity (Wildman–Crippen MR) is 193 cm³/mol. The molecule has 6 rings (SSSR count). The van der Waals surface area contributed by atoms with Crippen LogP contribution in [0.4, 0.5) is 10.5 Å². The maximum atomic E-state index is 13.4.